The van der Waals surface area contributed by atoms with Gasteiger partial charge in [-0.1, -0.05) is 20.8 Å². The molecule has 0 aliphatic carbocycles. The molecule has 0 bridgehead atoms. The Bertz CT molecular complexity index is 965. The Balaban J connectivity index is 1.84. The van der Waals surface area contributed by atoms with Crippen molar-refractivity contribution < 1.29 is 28.2 Å². The Morgan fingerprint density at radius 2 is 1.97 bits per heavy atom. The van der Waals surface area contributed by atoms with Crippen LogP contribution in [0.1, 0.15) is 32.8 Å². The van der Waals surface area contributed by atoms with Crippen molar-refractivity contribution >= 4 is 23.3 Å². The minimum absolute atomic E-state index is 0.0598. The fourth-order valence-electron chi connectivity index (χ4n) is 3.52. The number of β-amino-alcohol motifs (C(OH)–C–C–N with tert-alkyl or cyclic N) is 1. The van der Waals surface area contributed by atoms with Crippen molar-refractivity contribution in [2.24, 2.45) is 16.1 Å². The molecule has 1 atom stereocenters. The molecule has 0 aromatic heterocycles. The second-order valence-electron chi connectivity index (χ2n) is 9.03. The highest BCUT2D eigenvalue weighted by Crippen LogP contribution is 2.24. The number of carbonyl (C=O) groups excluding carboxylic acids is 2. The minimum atomic E-state index is -1.04. The highest BCUT2D eigenvalue weighted by atomic mass is 19.2. The van der Waals surface area contributed by atoms with Crippen LogP contribution in [-0.4, -0.2) is 66.1 Å². The third kappa shape index (κ3) is 5.31. The second kappa shape index (κ2) is 9.33. The highest BCUT2D eigenvalue weighted by Gasteiger charge is 2.40. The minimum Gasteiger partial charge on any atom is -0.398 e. The summed E-state index contributed by atoms with van der Waals surface area (Å²) in [6.45, 7) is 6.29. The lowest BCUT2D eigenvalue weighted by molar-refractivity contribution is -0.145. The number of nitrogens with one attached hydrogen (secondary N) is 1. The largest absolute Gasteiger partial charge is 0.398 e. The van der Waals surface area contributed by atoms with Gasteiger partial charge in [-0.25, -0.2) is 13.6 Å². The zero-order chi connectivity index (χ0) is 23.6. The number of aliphatic imine (C=N–C) groups is 1. The smallest absolute Gasteiger partial charge is 0.341 e. The molecule has 0 radical (unpaired) electrons. The molecule has 0 spiro atoms. The van der Waals surface area contributed by atoms with Crippen LogP contribution >= 0.6 is 0 Å². The van der Waals surface area contributed by atoms with Gasteiger partial charge in [0.2, 0.25) is 5.91 Å². The van der Waals surface area contributed by atoms with Crippen molar-refractivity contribution in [3.8, 4) is 0 Å². The van der Waals surface area contributed by atoms with Crippen molar-refractivity contribution in [2.75, 3.05) is 26.3 Å². The molecular weight excluding hydrogens is 422 g/mol. The lowest BCUT2D eigenvalue weighted by atomic mass is 9.85. The average molecular weight is 450 g/mol. The summed E-state index contributed by atoms with van der Waals surface area (Å²) in [7, 11) is 0. The molecule has 3 rings (SSSR count). The first-order valence-electron chi connectivity index (χ1n) is 10.3. The molecule has 174 valence electrons. The zero-order valence-corrected chi connectivity index (χ0v) is 18.3. The topological polar surface area (TPSA) is 117 Å². The molecule has 2 saturated heterocycles. The SMILES string of the molecule is CC(C)(C)C(NC(=O)N=C1CCOCC1=C(N)c1ccc(F)c(F)c1)C(=O)N1CC(O)C1. The van der Waals surface area contributed by atoms with Crippen LogP contribution in [0.5, 0.6) is 0 Å². The van der Waals surface area contributed by atoms with Crippen molar-refractivity contribution in [1.29, 1.82) is 0 Å². The van der Waals surface area contributed by atoms with Gasteiger partial charge in [0, 0.05) is 36.3 Å². The molecule has 0 saturated carbocycles. The molecule has 2 aliphatic heterocycles. The number of aliphatic hydroxyl groups is 1. The number of likely N-dealkylation sites (tertiary alicyclic amines) is 1. The number of nitrogens with two attached hydrogens (primary N) is 1. The van der Waals surface area contributed by atoms with E-state index in [1.807, 2.05) is 20.8 Å². The maximum Gasteiger partial charge on any atom is 0.341 e. The van der Waals surface area contributed by atoms with Gasteiger partial charge in [0.15, 0.2) is 11.6 Å². The van der Waals surface area contributed by atoms with Gasteiger partial charge >= 0.3 is 6.03 Å². The standard InChI is InChI=1S/C22H28F2N4O4/c1-22(2,3)19(20(30)28-9-13(29)10-28)27-21(31)26-17-6-7-32-11-14(17)18(25)12-4-5-15(23)16(24)8-12/h4-5,8,13,19,29H,6-7,9-11,25H2,1-3H3,(H,27,31). The summed E-state index contributed by atoms with van der Waals surface area (Å²) in [6.07, 6.45) is -0.260. The second-order valence-corrected chi connectivity index (χ2v) is 9.03. The molecule has 32 heavy (non-hydrogen) atoms. The predicted molar refractivity (Wildman–Crippen MR) is 115 cm³/mol. The molecular formula is C22H28F2N4O4. The van der Waals surface area contributed by atoms with Gasteiger partial charge in [0.1, 0.15) is 6.04 Å². The first-order valence-corrected chi connectivity index (χ1v) is 10.3. The van der Waals surface area contributed by atoms with Crippen LogP contribution in [0.2, 0.25) is 0 Å². The van der Waals surface area contributed by atoms with E-state index in [4.69, 9.17) is 10.5 Å². The van der Waals surface area contributed by atoms with Gasteiger partial charge in [0.25, 0.3) is 0 Å². The summed E-state index contributed by atoms with van der Waals surface area (Å²) in [5.41, 5.74) is 6.72. The van der Waals surface area contributed by atoms with Gasteiger partial charge in [-0.15, -0.1) is 0 Å². The molecule has 10 heteroatoms. The summed E-state index contributed by atoms with van der Waals surface area (Å²) >= 11 is 0. The van der Waals surface area contributed by atoms with Crippen molar-refractivity contribution in [2.45, 2.75) is 39.3 Å². The Kier molecular flexibility index (Phi) is 6.94. The Labute approximate surface area is 185 Å². The van der Waals surface area contributed by atoms with Crippen LogP contribution in [0.15, 0.2) is 28.8 Å². The summed E-state index contributed by atoms with van der Waals surface area (Å²) in [5, 5.41) is 12.2. The lowest BCUT2D eigenvalue weighted by Gasteiger charge is -2.41. The number of nitrogens with zero attached hydrogens (tertiary/aromatic N) is 2. The van der Waals surface area contributed by atoms with Gasteiger partial charge in [-0.05, 0) is 23.6 Å². The number of rotatable bonds is 3. The first-order chi connectivity index (χ1) is 15.0. The molecule has 1 unspecified atom stereocenters. The first kappa shape index (κ1) is 23.8. The van der Waals surface area contributed by atoms with Crippen LogP contribution in [0.3, 0.4) is 0 Å². The monoisotopic (exact) mass is 450 g/mol. The summed E-state index contributed by atoms with van der Waals surface area (Å²) < 4.78 is 32.3. The number of carbonyl (C=O) groups is 2. The third-order valence-corrected chi connectivity index (χ3v) is 5.42. The number of aliphatic hydroxyl groups excluding tert-OH is 1. The van der Waals surface area contributed by atoms with Crippen molar-refractivity contribution in [3.63, 3.8) is 0 Å². The summed E-state index contributed by atoms with van der Waals surface area (Å²) in [6, 6.07) is 1.72. The maximum atomic E-state index is 13.6. The number of ether oxygens (including phenoxy) is 1. The number of benzene rings is 1. The van der Waals surface area contributed by atoms with Crippen molar-refractivity contribution in [1.82, 2.24) is 10.2 Å². The fraction of sp³-hybridized carbons (Fsp3) is 0.500. The number of hydrogen-bond donors (Lipinski definition) is 3. The van der Waals surface area contributed by atoms with Crippen LogP contribution < -0.4 is 11.1 Å². The number of amides is 3. The summed E-state index contributed by atoms with van der Waals surface area (Å²) in [4.78, 5) is 31.1. The zero-order valence-electron chi connectivity index (χ0n) is 18.3. The normalized spacial score (nSPS) is 21.2. The van der Waals surface area contributed by atoms with E-state index in [1.165, 1.54) is 11.0 Å². The van der Waals surface area contributed by atoms with Crippen LogP contribution in [0.4, 0.5) is 13.6 Å². The van der Waals surface area contributed by atoms with Gasteiger partial charge < -0.3 is 25.8 Å². The molecule has 2 heterocycles. The molecule has 1 aromatic carbocycles. The average Bonchev–Trinajstić information content (AvgIpc) is 2.70. The van der Waals surface area contributed by atoms with E-state index < -0.39 is 35.2 Å². The fourth-order valence-corrected chi connectivity index (χ4v) is 3.52. The van der Waals surface area contributed by atoms with Gasteiger partial charge in [-0.2, -0.15) is 4.99 Å². The van der Waals surface area contributed by atoms with Crippen LogP contribution in [0.25, 0.3) is 5.70 Å². The van der Waals surface area contributed by atoms with E-state index in [-0.39, 0.29) is 36.9 Å². The molecule has 1 aromatic rings. The summed E-state index contributed by atoms with van der Waals surface area (Å²) in [5.74, 6) is -2.32. The lowest BCUT2D eigenvalue weighted by Crippen LogP contribution is -2.61. The van der Waals surface area contributed by atoms with Gasteiger partial charge in [0.05, 0.1) is 25.0 Å². The van der Waals surface area contributed by atoms with E-state index >= 15 is 0 Å². The molecule has 2 aliphatic rings. The number of urea groups is 1. The third-order valence-electron chi connectivity index (χ3n) is 5.42. The predicted octanol–water partition coefficient (Wildman–Crippen LogP) is 1.82. The van der Waals surface area contributed by atoms with Crippen LogP contribution in [-0.2, 0) is 9.53 Å². The molecule has 8 nitrogen and oxygen atoms in total. The van der Waals surface area contributed by atoms with Crippen LogP contribution in [0, 0.1) is 17.0 Å². The molecule has 2 fully saturated rings. The van der Waals surface area contributed by atoms with Gasteiger partial charge in [-0.3, -0.25) is 4.79 Å². The Morgan fingerprint density at radius 3 is 2.56 bits per heavy atom. The molecule has 3 amide bonds. The maximum absolute atomic E-state index is 13.6. The quantitative estimate of drug-likeness (QED) is 0.650. The molecule has 4 N–H and O–H groups in total. The van der Waals surface area contributed by atoms with E-state index in [2.05, 4.69) is 10.3 Å². The number of halogens is 2. The Morgan fingerprint density at radius 1 is 1.28 bits per heavy atom. The van der Waals surface area contributed by atoms with E-state index in [9.17, 15) is 23.5 Å². The van der Waals surface area contributed by atoms with E-state index in [1.54, 1.807) is 0 Å². The Hall–Kier alpha value is -2.85. The van der Waals surface area contributed by atoms with E-state index in [0.717, 1.165) is 12.1 Å². The van der Waals surface area contributed by atoms with Crippen molar-refractivity contribution in [3.05, 3.63) is 41.0 Å². The number of hydrogen-bond acceptors (Lipinski definition) is 5. The van der Waals surface area contributed by atoms with E-state index in [0.29, 0.717) is 24.3 Å². The highest BCUT2D eigenvalue weighted by molar-refractivity contribution is 6.11.